The molecule has 3 atom stereocenters. The number of carbonyl (C=O) groups is 2. The average molecular weight is 1800 g/mol. The van der Waals surface area contributed by atoms with Gasteiger partial charge in [-0.2, -0.15) is 4.39 Å². The number of hydrogen-bond acceptors (Lipinski definition) is 15. The zero-order valence-electron chi connectivity index (χ0n) is 71.2. The van der Waals surface area contributed by atoms with Crippen LogP contribution in [0.3, 0.4) is 0 Å². The molecule has 18 nitrogen and oxygen atoms in total. The predicted molar refractivity (Wildman–Crippen MR) is 484 cm³/mol. The van der Waals surface area contributed by atoms with Gasteiger partial charge in [0.25, 0.3) is 0 Å². The van der Waals surface area contributed by atoms with E-state index in [0.717, 1.165) is 67.4 Å². The molecule has 0 spiro atoms. The number of halogens is 9. The maximum absolute atomic E-state index is 15.6. The van der Waals surface area contributed by atoms with Crippen LogP contribution in [0.25, 0.3) is 44.5 Å². The van der Waals surface area contributed by atoms with E-state index < -0.39 is 11.5 Å². The van der Waals surface area contributed by atoms with E-state index in [1.165, 1.54) is 47.1 Å². The number of methoxy groups -OCH3 is 4. The molecule has 3 aliphatic heterocycles. The lowest BCUT2D eigenvalue weighted by atomic mass is 9.97. The molecule has 0 unspecified atom stereocenters. The van der Waals surface area contributed by atoms with Gasteiger partial charge < -0.3 is 58.3 Å². The zero-order valence-corrected chi connectivity index (χ0v) is 74.2. The molecular weight excluding hydrogens is 1700 g/mol. The summed E-state index contributed by atoms with van der Waals surface area (Å²) < 4.78 is 119. The van der Waals surface area contributed by atoms with Gasteiger partial charge in [-0.1, -0.05) is 143 Å². The summed E-state index contributed by atoms with van der Waals surface area (Å²) in [5.74, 6) is 1.34. The van der Waals surface area contributed by atoms with Crippen LogP contribution in [-0.2, 0) is 30.4 Å². The van der Waals surface area contributed by atoms with Crippen molar-refractivity contribution in [2.75, 3.05) is 74.4 Å². The molecule has 2 N–H and O–H groups in total. The summed E-state index contributed by atoms with van der Waals surface area (Å²) in [5, 5.41) is 8.36. The van der Waals surface area contributed by atoms with Crippen molar-refractivity contribution >= 4 is 58.5 Å². The minimum atomic E-state index is -0.562. The summed E-state index contributed by atoms with van der Waals surface area (Å²) in [7, 11) is 6.06. The number of carbonyl (C=O) groups excluding carboxylic acids is 2. The molecule has 658 valence electrons. The van der Waals surface area contributed by atoms with Crippen LogP contribution < -0.4 is 43.8 Å². The van der Waals surface area contributed by atoms with Gasteiger partial charge >= 0.3 is 12.1 Å². The Morgan fingerprint density at radius 3 is 1.07 bits per heavy atom. The molecule has 7 heterocycles. The number of rotatable bonds is 26. The van der Waals surface area contributed by atoms with Gasteiger partial charge in [-0.05, 0) is 218 Å². The van der Waals surface area contributed by atoms with Gasteiger partial charge in [0.15, 0.2) is 0 Å². The summed E-state index contributed by atoms with van der Waals surface area (Å²) in [6, 6.07) is 56.2. The average Bonchev–Trinajstić information content (AvgIpc) is 0.984. The standard InChI is InChI=1S/C29H32ClFN2O4.C27H29ClFN3O3.C24H24ClFN2O2.C19H14ClF2NO/c1-29(2,3)37-28(34)33-14-6-9-23(33)18-36-25-13-10-19(17-32-25)15-21-11-12-24(35-4)26(27(21)31)20-7-5-8-22(30)16-20;1-3-30-27(33)32-13-5-8-22(32)17-35-24-12-9-18(16-31-24)14-20-10-11-23(34-2)25(26(20)29)19-6-4-7-21(28)15-19;1-29-21-9-8-18(24(26)23(21)17-4-2-5-19(25)13-17)12-16-7-10-22(28-14-16)30-15-20-6-3-11-27-20;1-24-16-7-6-14(9-12-5-8-17(21)23-11-12)19(22)18(16)13-3-2-4-15(20)10-13/h5,7-8,10-13,16-17,23H,6,9,14-15,18H2,1-4H3;4,6-7,9-12,15-16,22H,3,5,8,13-14,17H2,1-2H3,(H,30,33);2,4-5,7-10,13-14,20,27H,3,6,11-12,15H2,1H3;2-8,10-11H,9H2,1H3/t23-;22-;20-;/m111./s1. The van der Waals surface area contributed by atoms with Crippen LogP contribution in [0.4, 0.5) is 31.5 Å². The normalized spacial score (nSPS) is 14.6. The van der Waals surface area contributed by atoms with Gasteiger partial charge in [0.2, 0.25) is 23.6 Å². The number of benzene rings is 8. The molecule has 3 aliphatic rings. The second-order valence-electron chi connectivity index (χ2n) is 31.2. The van der Waals surface area contributed by atoms with Crippen LogP contribution in [0.2, 0.25) is 20.1 Å². The molecule has 3 fully saturated rings. The molecule has 27 heteroatoms. The molecule has 3 amide bonds. The van der Waals surface area contributed by atoms with Crippen molar-refractivity contribution in [3.63, 3.8) is 0 Å². The lowest BCUT2D eigenvalue weighted by molar-refractivity contribution is 0.0185. The van der Waals surface area contributed by atoms with Crippen molar-refractivity contribution < 1.29 is 69.4 Å². The topological polar surface area (TPSA) is 190 Å². The molecule has 3 saturated heterocycles. The van der Waals surface area contributed by atoms with Crippen molar-refractivity contribution in [3.8, 4) is 85.1 Å². The van der Waals surface area contributed by atoms with Crippen molar-refractivity contribution in [2.45, 2.75) is 116 Å². The van der Waals surface area contributed by atoms with Gasteiger partial charge in [0.1, 0.15) is 71.7 Å². The van der Waals surface area contributed by atoms with E-state index in [1.54, 1.807) is 175 Å². The Bertz CT molecular complexity index is 5660. The molecule has 0 bridgehead atoms. The van der Waals surface area contributed by atoms with E-state index in [4.69, 9.17) is 84.3 Å². The van der Waals surface area contributed by atoms with Gasteiger partial charge in [0.05, 0.1) is 62.8 Å². The van der Waals surface area contributed by atoms with Crippen LogP contribution in [0, 0.1) is 29.2 Å². The summed E-state index contributed by atoms with van der Waals surface area (Å²) in [6.07, 6.45) is 13.6. The lowest BCUT2D eigenvalue weighted by Gasteiger charge is -2.28. The Kier molecular flexibility index (Phi) is 33.3. The highest BCUT2D eigenvalue weighted by Crippen LogP contribution is 2.42. The van der Waals surface area contributed by atoms with Crippen molar-refractivity contribution in [2.24, 2.45) is 0 Å². The number of ether oxygens (including phenoxy) is 8. The summed E-state index contributed by atoms with van der Waals surface area (Å²) in [4.78, 5) is 45.0. The third kappa shape index (κ3) is 25.3. The molecule has 12 aromatic rings. The van der Waals surface area contributed by atoms with Gasteiger partial charge in [-0.15, -0.1) is 0 Å². The van der Waals surface area contributed by atoms with E-state index in [-0.39, 0.29) is 47.5 Å². The van der Waals surface area contributed by atoms with Crippen molar-refractivity contribution in [1.82, 2.24) is 40.4 Å². The maximum Gasteiger partial charge on any atom is 0.410 e. The Balaban J connectivity index is 0.000000154. The van der Waals surface area contributed by atoms with Crippen LogP contribution in [0.15, 0.2) is 219 Å². The third-order valence-corrected chi connectivity index (χ3v) is 22.2. The van der Waals surface area contributed by atoms with Crippen molar-refractivity contribution in [3.05, 3.63) is 313 Å². The van der Waals surface area contributed by atoms with E-state index in [0.29, 0.717) is 192 Å². The van der Waals surface area contributed by atoms with Gasteiger partial charge in [-0.25, -0.2) is 47.1 Å². The molecule has 126 heavy (non-hydrogen) atoms. The van der Waals surface area contributed by atoms with Crippen LogP contribution >= 0.6 is 46.4 Å². The smallest absolute Gasteiger partial charge is 0.410 e. The molecule has 15 rings (SSSR count). The van der Waals surface area contributed by atoms with E-state index in [1.807, 2.05) is 69.0 Å². The first kappa shape index (κ1) is 93.4. The number of nitrogens with zero attached hydrogens (tertiary/aromatic N) is 6. The minimum Gasteiger partial charge on any atom is -0.496 e. The Morgan fingerprint density at radius 1 is 0.429 bits per heavy atom. The monoisotopic (exact) mass is 1790 g/mol. The molecule has 4 aromatic heterocycles. The zero-order chi connectivity index (χ0) is 89.4. The third-order valence-electron chi connectivity index (χ3n) is 21.2. The summed E-state index contributed by atoms with van der Waals surface area (Å²) in [6.45, 7) is 11.8. The van der Waals surface area contributed by atoms with E-state index in [9.17, 15) is 14.0 Å². The van der Waals surface area contributed by atoms with Crippen molar-refractivity contribution in [1.29, 1.82) is 0 Å². The second kappa shape index (κ2) is 44.9. The van der Waals surface area contributed by atoms with Crippen LogP contribution in [0.5, 0.6) is 40.6 Å². The summed E-state index contributed by atoms with van der Waals surface area (Å²) in [5.41, 5.74) is 9.01. The Hall–Kier alpha value is -11.7. The van der Waals surface area contributed by atoms with Gasteiger partial charge in [-0.3, -0.25) is 0 Å². The number of urea groups is 1. The number of pyridine rings is 4. The molecule has 0 radical (unpaired) electrons. The highest BCUT2D eigenvalue weighted by Gasteiger charge is 2.34. The first-order valence-corrected chi connectivity index (χ1v) is 42.9. The number of nitrogens with one attached hydrogen (secondary N) is 2. The second-order valence-corrected chi connectivity index (χ2v) is 33.0. The van der Waals surface area contributed by atoms with E-state index in [2.05, 4.69) is 30.6 Å². The quantitative estimate of drug-likeness (QED) is 0.0384. The molecular formula is C99H99Cl4F5N8O10. The molecule has 8 aromatic carbocycles. The highest BCUT2D eigenvalue weighted by atomic mass is 35.5. The SMILES string of the molecule is CCNC(=O)N1CCC[C@@H]1COc1ccc(Cc2ccc(OC)c(-c3cccc(Cl)c3)c2F)cn1.COc1ccc(Cc2ccc(F)nc2)c(F)c1-c1cccc(Cl)c1.COc1ccc(Cc2ccc(OC[C@H]3CCCN3)nc2)c(F)c1-c1cccc(Cl)c1.COc1ccc(Cc2ccc(OC[C@H]3CCCN3C(=O)OC(C)(C)C)nc2)c(F)c1-c1cccc(Cl)c1. The molecule has 0 aliphatic carbocycles. The van der Waals surface area contributed by atoms with Crippen LogP contribution in [-0.4, -0.2) is 140 Å². The minimum absolute atomic E-state index is 0.0290. The lowest BCUT2D eigenvalue weighted by Crippen LogP contribution is -2.44. The fourth-order valence-electron chi connectivity index (χ4n) is 15.0. The first-order valence-electron chi connectivity index (χ1n) is 41.4. The number of amides is 3. The van der Waals surface area contributed by atoms with Gasteiger partial charge in [0, 0.05) is 114 Å². The van der Waals surface area contributed by atoms with E-state index >= 15 is 17.6 Å². The number of likely N-dealkylation sites (tertiary alicyclic amines) is 2. The fourth-order valence-corrected chi connectivity index (χ4v) is 15.8. The predicted octanol–water partition coefficient (Wildman–Crippen LogP) is 23.2. The largest absolute Gasteiger partial charge is 0.496 e. The summed E-state index contributed by atoms with van der Waals surface area (Å²) >= 11 is 24.4. The number of hydrogen-bond donors (Lipinski definition) is 2. The first-order chi connectivity index (χ1) is 60.9. The Morgan fingerprint density at radius 2 is 0.770 bits per heavy atom. The Labute approximate surface area is 751 Å². The highest BCUT2D eigenvalue weighted by molar-refractivity contribution is 6.32. The number of aromatic nitrogens is 4. The maximum atomic E-state index is 15.6. The van der Waals surface area contributed by atoms with Crippen LogP contribution in [0.1, 0.15) is 111 Å². The molecule has 0 saturated carbocycles. The fraction of sp³-hybridized carbons (Fsp3) is 0.293.